The lowest BCUT2D eigenvalue weighted by atomic mass is 9.46. The zero-order valence-electron chi connectivity index (χ0n) is 21.8. The number of carbonyl (C=O) groups excluding carboxylic acids is 2. The molecule has 0 heterocycles. The molecule has 6 unspecified atom stereocenters. The van der Waals surface area contributed by atoms with Gasteiger partial charge in [0.25, 0.3) is 0 Å². The number of nitrogens with one attached hydrogen (secondary N) is 2. The van der Waals surface area contributed by atoms with Crippen LogP contribution in [0.15, 0.2) is 48.5 Å². The molecular formula is C29H36F2N2O5. The largest absolute Gasteiger partial charge is 0.445 e. The van der Waals surface area contributed by atoms with Crippen LogP contribution in [0.2, 0.25) is 0 Å². The van der Waals surface area contributed by atoms with Crippen LogP contribution in [0.3, 0.4) is 0 Å². The first-order valence-corrected chi connectivity index (χ1v) is 13.1. The number of benzene rings is 2. The maximum Gasteiger partial charge on any atom is 0.411 e. The zero-order chi connectivity index (χ0) is 27.5. The van der Waals surface area contributed by atoms with Crippen molar-refractivity contribution in [1.82, 2.24) is 5.32 Å². The number of rotatable bonds is 7. The second-order valence-electron chi connectivity index (χ2n) is 11.1. The molecule has 7 nitrogen and oxygen atoms in total. The monoisotopic (exact) mass is 530 g/mol. The summed E-state index contributed by atoms with van der Waals surface area (Å²) in [7, 11) is 0. The molecule has 0 saturated heterocycles. The minimum Gasteiger partial charge on any atom is -0.445 e. The van der Waals surface area contributed by atoms with Crippen LogP contribution in [-0.4, -0.2) is 41.0 Å². The number of ether oxygens (including phenoxy) is 1. The lowest BCUT2D eigenvalue weighted by molar-refractivity contribution is -0.185. The van der Waals surface area contributed by atoms with Gasteiger partial charge in [-0.05, 0) is 78.8 Å². The smallest absolute Gasteiger partial charge is 0.411 e. The lowest BCUT2D eigenvalue weighted by Gasteiger charge is -2.60. The van der Waals surface area contributed by atoms with Crippen LogP contribution in [0.25, 0.3) is 0 Å². The molecule has 2 fully saturated rings. The van der Waals surface area contributed by atoms with Gasteiger partial charge in [-0.25, -0.2) is 13.6 Å². The van der Waals surface area contributed by atoms with Crippen molar-refractivity contribution in [3.05, 3.63) is 65.7 Å². The Hall–Kier alpha value is -3.04. The van der Waals surface area contributed by atoms with Crippen LogP contribution in [0.1, 0.15) is 51.5 Å². The number of aliphatic hydroxyl groups excluding tert-OH is 2. The molecule has 0 spiro atoms. The van der Waals surface area contributed by atoms with E-state index in [0.717, 1.165) is 5.56 Å². The maximum atomic E-state index is 13.5. The number of carbonyl (C=O) groups is 2. The first-order chi connectivity index (χ1) is 18.0. The molecule has 0 radical (unpaired) electrons. The van der Waals surface area contributed by atoms with E-state index < -0.39 is 34.9 Å². The predicted octanol–water partition coefficient (Wildman–Crippen LogP) is 4.77. The molecule has 2 saturated carbocycles. The van der Waals surface area contributed by atoms with E-state index in [-0.39, 0.29) is 48.8 Å². The summed E-state index contributed by atoms with van der Waals surface area (Å²) in [5.41, 5.74) is -0.222. The predicted molar refractivity (Wildman–Crippen MR) is 138 cm³/mol. The summed E-state index contributed by atoms with van der Waals surface area (Å²) in [4.78, 5) is 25.6. The van der Waals surface area contributed by atoms with E-state index in [1.54, 1.807) is 18.2 Å². The molecule has 206 valence electrons. The molecule has 2 aliphatic rings. The van der Waals surface area contributed by atoms with Crippen molar-refractivity contribution in [2.75, 3.05) is 11.9 Å². The van der Waals surface area contributed by atoms with Gasteiger partial charge in [-0.3, -0.25) is 10.1 Å². The molecule has 6 atom stereocenters. The van der Waals surface area contributed by atoms with Gasteiger partial charge in [-0.2, -0.15) is 0 Å². The first-order valence-electron chi connectivity index (χ1n) is 13.1. The fourth-order valence-electron chi connectivity index (χ4n) is 6.70. The number of hydrogen-bond donors (Lipinski definition) is 4. The summed E-state index contributed by atoms with van der Waals surface area (Å²) >= 11 is 0. The summed E-state index contributed by atoms with van der Waals surface area (Å²) in [5.74, 6) is -1.49. The summed E-state index contributed by atoms with van der Waals surface area (Å²) < 4.78 is 32.4. The summed E-state index contributed by atoms with van der Waals surface area (Å²) in [6, 6.07) is 11.4. The van der Waals surface area contributed by atoms with Crippen LogP contribution in [0.5, 0.6) is 0 Å². The van der Waals surface area contributed by atoms with Gasteiger partial charge in [0, 0.05) is 24.1 Å². The third kappa shape index (κ3) is 5.83. The average molecular weight is 531 g/mol. The van der Waals surface area contributed by atoms with E-state index in [9.17, 15) is 28.6 Å². The number of halogens is 2. The van der Waals surface area contributed by atoms with Crippen LogP contribution < -0.4 is 10.6 Å². The van der Waals surface area contributed by atoms with Crippen molar-refractivity contribution in [2.45, 2.75) is 64.7 Å². The van der Waals surface area contributed by atoms with Gasteiger partial charge in [0.15, 0.2) is 0 Å². The first kappa shape index (κ1) is 28.0. The second-order valence-corrected chi connectivity index (χ2v) is 11.1. The summed E-state index contributed by atoms with van der Waals surface area (Å²) in [5, 5.41) is 26.9. The molecule has 2 amide bonds. The van der Waals surface area contributed by atoms with Crippen LogP contribution >= 0.6 is 0 Å². The Labute approximate surface area is 221 Å². The highest BCUT2D eigenvalue weighted by Gasteiger charge is 2.60. The third-order valence-electron chi connectivity index (χ3n) is 8.80. The lowest BCUT2D eigenvalue weighted by Crippen LogP contribution is -2.61. The Morgan fingerprint density at radius 1 is 1.05 bits per heavy atom. The van der Waals surface area contributed by atoms with E-state index in [0.29, 0.717) is 25.7 Å². The Morgan fingerprint density at radius 2 is 1.79 bits per heavy atom. The molecule has 0 aliphatic heterocycles. The molecule has 4 N–H and O–H groups in total. The average Bonchev–Trinajstić information content (AvgIpc) is 2.88. The van der Waals surface area contributed by atoms with Crippen LogP contribution in [-0.2, 0) is 16.1 Å². The number of hydrogen-bond acceptors (Lipinski definition) is 5. The van der Waals surface area contributed by atoms with E-state index in [4.69, 9.17) is 4.74 Å². The molecule has 0 bridgehead atoms. The quantitative estimate of drug-likeness (QED) is 0.412. The van der Waals surface area contributed by atoms with Gasteiger partial charge < -0.3 is 20.3 Å². The normalized spacial score (nSPS) is 30.7. The maximum absolute atomic E-state index is 13.5. The van der Waals surface area contributed by atoms with Crippen molar-refractivity contribution < 1.29 is 33.3 Å². The van der Waals surface area contributed by atoms with Crippen molar-refractivity contribution in [3.8, 4) is 0 Å². The van der Waals surface area contributed by atoms with Crippen molar-refractivity contribution in [1.29, 1.82) is 0 Å². The molecule has 2 aromatic carbocycles. The molecule has 0 aromatic heterocycles. The molecule has 9 heteroatoms. The highest BCUT2D eigenvalue weighted by molar-refractivity contribution is 5.84. The number of fused-ring (bicyclic) bond motifs is 1. The Morgan fingerprint density at radius 3 is 2.47 bits per heavy atom. The Bertz CT molecular complexity index is 1150. The van der Waals surface area contributed by atoms with Crippen molar-refractivity contribution >= 4 is 17.7 Å². The van der Waals surface area contributed by atoms with Crippen molar-refractivity contribution in [2.24, 2.45) is 22.7 Å². The topological polar surface area (TPSA) is 108 Å². The molecule has 38 heavy (non-hydrogen) atoms. The highest BCUT2D eigenvalue weighted by Crippen LogP contribution is 2.61. The van der Waals surface area contributed by atoms with Crippen LogP contribution in [0.4, 0.5) is 19.3 Å². The molecule has 4 rings (SSSR count). The minimum absolute atomic E-state index is 0.112. The van der Waals surface area contributed by atoms with E-state index in [1.165, 1.54) is 30.3 Å². The van der Waals surface area contributed by atoms with Gasteiger partial charge in [0.05, 0.1) is 12.7 Å². The highest BCUT2D eigenvalue weighted by atomic mass is 19.1. The fraction of sp³-hybridized carbons (Fsp3) is 0.517. The van der Waals surface area contributed by atoms with E-state index >= 15 is 0 Å². The third-order valence-corrected chi connectivity index (χ3v) is 8.80. The Balaban J connectivity index is 1.44. The number of amides is 2. The standard InChI is InChI=1S/C29H36F2N2O5/c1-28-13-12-25(38-27(37)33-21-5-3-4-20(31)14-21)29(2,17-34)24(28)11-10-23(35)22(28)15-26(36)32-16-18-6-8-19(30)9-7-18/h3-9,14,22-25,34-35H,10-13,15-17H2,1-2H3,(H,32,36)(H,33,37). The van der Waals surface area contributed by atoms with E-state index in [1.807, 2.05) is 6.92 Å². The number of anilines is 1. The second kappa shape index (κ2) is 11.4. The van der Waals surface area contributed by atoms with Gasteiger partial charge in [-0.15, -0.1) is 0 Å². The SMILES string of the molecule is CC1(CO)C(OC(=O)Nc2cccc(F)c2)CCC2(C)C(CC(=O)NCc3ccc(F)cc3)C(O)CCC12. The Kier molecular flexibility index (Phi) is 8.37. The summed E-state index contributed by atoms with van der Waals surface area (Å²) in [6.07, 6.45) is 0.243. The summed E-state index contributed by atoms with van der Waals surface area (Å²) in [6.45, 7) is 3.96. The van der Waals surface area contributed by atoms with Gasteiger partial charge >= 0.3 is 6.09 Å². The van der Waals surface area contributed by atoms with Gasteiger partial charge in [0.1, 0.15) is 17.7 Å². The minimum atomic E-state index is -0.796. The molecule has 2 aromatic rings. The van der Waals surface area contributed by atoms with Crippen LogP contribution in [0, 0.1) is 34.3 Å². The molecule has 2 aliphatic carbocycles. The fourth-order valence-corrected chi connectivity index (χ4v) is 6.70. The number of aliphatic hydroxyl groups is 2. The van der Waals surface area contributed by atoms with E-state index in [2.05, 4.69) is 17.6 Å². The van der Waals surface area contributed by atoms with Gasteiger partial charge in [0.2, 0.25) is 5.91 Å². The molecular weight excluding hydrogens is 494 g/mol. The van der Waals surface area contributed by atoms with Gasteiger partial charge in [-0.1, -0.05) is 32.0 Å². The van der Waals surface area contributed by atoms with Crippen molar-refractivity contribution in [3.63, 3.8) is 0 Å². The zero-order valence-corrected chi connectivity index (χ0v) is 21.8.